The quantitative estimate of drug-likeness (QED) is 0.476. The summed E-state index contributed by atoms with van der Waals surface area (Å²) in [5, 5.41) is 23.3. The number of hydrogen-bond acceptors (Lipinski definition) is 6. The summed E-state index contributed by atoms with van der Waals surface area (Å²) in [5.41, 5.74) is 0.726. The van der Waals surface area contributed by atoms with Gasteiger partial charge in [0, 0.05) is 25.9 Å². The predicted molar refractivity (Wildman–Crippen MR) is 76.5 cm³/mol. The van der Waals surface area contributed by atoms with Gasteiger partial charge in [-0.2, -0.15) is 0 Å². The fraction of sp³-hybridized carbons (Fsp3) is 0.733. The van der Waals surface area contributed by atoms with E-state index < -0.39 is 18.0 Å². The Labute approximate surface area is 129 Å². The van der Waals surface area contributed by atoms with Crippen LogP contribution >= 0.6 is 0 Å². The van der Waals surface area contributed by atoms with Gasteiger partial charge in [0.05, 0.1) is 12.7 Å². The number of imide groups is 1. The number of amides is 2. The van der Waals surface area contributed by atoms with Crippen molar-refractivity contribution in [2.45, 2.75) is 44.2 Å². The summed E-state index contributed by atoms with van der Waals surface area (Å²) in [6, 6.07) is 0. The third-order valence-corrected chi connectivity index (χ3v) is 4.53. The highest BCUT2D eigenvalue weighted by molar-refractivity contribution is 5.97. The van der Waals surface area contributed by atoms with Gasteiger partial charge in [-0.25, -0.2) is 0 Å². The molecule has 2 aliphatic heterocycles. The Morgan fingerprint density at radius 3 is 2.50 bits per heavy atom. The molecule has 2 amide bonds. The molecule has 2 heterocycles. The number of ether oxygens (including phenoxy) is 2. The number of carbonyl (C=O) groups is 2. The van der Waals surface area contributed by atoms with Gasteiger partial charge in [0.25, 0.3) is 0 Å². The molecule has 0 spiro atoms. The number of rotatable bonds is 5. The first-order valence-electron chi connectivity index (χ1n) is 7.35. The molecular weight excluding hydrogens is 290 g/mol. The molecule has 0 aromatic heterocycles. The van der Waals surface area contributed by atoms with E-state index in [-0.39, 0.29) is 49.5 Å². The van der Waals surface area contributed by atoms with Gasteiger partial charge >= 0.3 is 0 Å². The summed E-state index contributed by atoms with van der Waals surface area (Å²) in [6.07, 6.45) is -1.54. The Kier molecular flexibility index (Phi) is 5.01. The van der Waals surface area contributed by atoms with Crippen LogP contribution in [0.3, 0.4) is 0 Å². The van der Waals surface area contributed by atoms with Crippen molar-refractivity contribution in [3.05, 3.63) is 12.2 Å². The van der Waals surface area contributed by atoms with Crippen LogP contribution in [-0.2, 0) is 19.1 Å². The van der Waals surface area contributed by atoms with E-state index in [1.807, 2.05) is 0 Å². The minimum atomic E-state index is -1.66. The maximum atomic E-state index is 11.4. The molecule has 0 bridgehead atoms. The summed E-state index contributed by atoms with van der Waals surface area (Å²) in [7, 11) is 1.38. The topological polar surface area (TPSA) is 105 Å². The van der Waals surface area contributed by atoms with Crippen LogP contribution in [0.4, 0.5) is 0 Å². The lowest BCUT2D eigenvalue weighted by molar-refractivity contribution is -0.275. The van der Waals surface area contributed by atoms with Crippen molar-refractivity contribution in [1.29, 1.82) is 0 Å². The van der Waals surface area contributed by atoms with E-state index in [4.69, 9.17) is 9.47 Å². The van der Waals surface area contributed by atoms with Gasteiger partial charge in [0.2, 0.25) is 17.6 Å². The number of aliphatic hydroxyl groups is 2. The summed E-state index contributed by atoms with van der Waals surface area (Å²) in [5.74, 6) is -3.02. The minimum absolute atomic E-state index is 0.167. The third-order valence-electron chi connectivity index (χ3n) is 4.53. The second-order valence-corrected chi connectivity index (χ2v) is 6.13. The average molecular weight is 313 g/mol. The van der Waals surface area contributed by atoms with E-state index in [0.717, 1.165) is 5.57 Å². The van der Waals surface area contributed by atoms with Gasteiger partial charge in [0.15, 0.2) is 0 Å². The zero-order chi connectivity index (χ0) is 16.5. The molecule has 22 heavy (non-hydrogen) atoms. The molecule has 3 N–H and O–H groups in total. The maximum absolute atomic E-state index is 11.4. The normalized spacial score (nSPS) is 32.9. The van der Waals surface area contributed by atoms with Gasteiger partial charge in [-0.15, -0.1) is 0 Å². The Morgan fingerprint density at radius 1 is 1.45 bits per heavy atom. The van der Waals surface area contributed by atoms with Crippen LogP contribution in [-0.4, -0.2) is 53.7 Å². The lowest BCUT2D eigenvalue weighted by Gasteiger charge is -2.37. The van der Waals surface area contributed by atoms with Gasteiger partial charge in [-0.3, -0.25) is 14.9 Å². The number of carbonyl (C=O) groups excluding carboxylic acids is 2. The van der Waals surface area contributed by atoms with Crippen molar-refractivity contribution in [3.63, 3.8) is 0 Å². The molecule has 0 aliphatic carbocycles. The van der Waals surface area contributed by atoms with E-state index in [1.165, 1.54) is 7.11 Å². The van der Waals surface area contributed by atoms with Crippen molar-refractivity contribution >= 4 is 11.8 Å². The number of hydrogen-bond donors (Lipinski definition) is 3. The van der Waals surface area contributed by atoms with Crippen molar-refractivity contribution in [2.75, 3.05) is 13.7 Å². The van der Waals surface area contributed by atoms with Crippen LogP contribution in [0.5, 0.6) is 0 Å². The fourth-order valence-corrected chi connectivity index (χ4v) is 3.17. The average Bonchev–Trinajstić information content (AvgIpc) is 2.67. The molecule has 7 nitrogen and oxygen atoms in total. The maximum Gasteiger partial charge on any atom is 0.226 e. The third kappa shape index (κ3) is 3.22. The first kappa shape index (κ1) is 17.1. The molecule has 4 atom stereocenters. The fourth-order valence-electron chi connectivity index (χ4n) is 3.17. The number of nitrogens with one attached hydrogen (secondary N) is 1. The first-order chi connectivity index (χ1) is 10.3. The second-order valence-electron chi connectivity index (χ2n) is 6.13. The Morgan fingerprint density at radius 2 is 2.05 bits per heavy atom. The highest BCUT2D eigenvalue weighted by Crippen LogP contribution is 2.39. The Hall–Kier alpha value is -1.28. The largest absolute Gasteiger partial charge is 0.390 e. The molecule has 2 fully saturated rings. The molecule has 2 rings (SSSR count). The monoisotopic (exact) mass is 313 g/mol. The summed E-state index contributed by atoms with van der Waals surface area (Å²) < 4.78 is 10.7. The lowest BCUT2D eigenvalue weighted by Crippen LogP contribution is -2.54. The Bertz CT molecular complexity index is 463. The molecule has 7 heteroatoms. The van der Waals surface area contributed by atoms with Crippen molar-refractivity contribution in [3.8, 4) is 0 Å². The van der Waals surface area contributed by atoms with E-state index in [9.17, 15) is 19.8 Å². The Balaban J connectivity index is 2.06. The van der Waals surface area contributed by atoms with Crippen molar-refractivity contribution in [1.82, 2.24) is 5.32 Å². The molecule has 0 radical (unpaired) electrons. The van der Waals surface area contributed by atoms with Crippen molar-refractivity contribution < 1.29 is 29.3 Å². The van der Waals surface area contributed by atoms with E-state index >= 15 is 0 Å². The molecule has 0 aromatic carbocycles. The van der Waals surface area contributed by atoms with Crippen LogP contribution in [0.15, 0.2) is 12.2 Å². The lowest BCUT2D eigenvalue weighted by atomic mass is 9.84. The minimum Gasteiger partial charge on any atom is -0.390 e. The highest BCUT2D eigenvalue weighted by atomic mass is 16.7. The van der Waals surface area contributed by atoms with Crippen LogP contribution in [0.2, 0.25) is 0 Å². The van der Waals surface area contributed by atoms with Gasteiger partial charge < -0.3 is 19.7 Å². The summed E-state index contributed by atoms with van der Waals surface area (Å²) in [4.78, 5) is 22.8. The zero-order valence-electron chi connectivity index (χ0n) is 12.9. The molecular formula is C15H23NO6. The smallest absolute Gasteiger partial charge is 0.226 e. The van der Waals surface area contributed by atoms with Gasteiger partial charge in [-0.1, -0.05) is 13.5 Å². The summed E-state index contributed by atoms with van der Waals surface area (Å²) in [6.45, 7) is 5.78. The van der Waals surface area contributed by atoms with Crippen LogP contribution < -0.4 is 5.32 Å². The molecule has 4 unspecified atom stereocenters. The SMILES string of the molecule is C=C1COC(O)(C(OC)C(O)CC2CC(=O)NC(=O)C2)C1C. The highest BCUT2D eigenvalue weighted by Gasteiger charge is 2.52. The zero-order valence-corrected chi connectivity index (χ0v) is 12.9. The molecule has 0 saturated carbocycles. The first-order valence-corrected chi connectivity index (χ1v) is 7.35. The van der Waals surface area contributed by atoms with Gasteiger partial charge in [-0.05, 0) is 17.9 Å². The van der Waals surface area contributed by atoms with Gasteiger partial charge in [0.1, 0.15) is 6.10 Å². The van der Waals surface area contributed by atoms with Crippen LogP contribution in [0.1, 0.15) is 26.2 Å². The predicted octanol–water partition coefficient (Wildman–Crippen LogP) is -0.284. The number of piperidine rings is 1. The molecule has 2 aliphatic rings. The van der Waals surface area contributed by atoms with E-state index in [2.05, 4.69) is 11.9 Å². The van der Waals surface area contributed by atoms with Crippen LogP contribution in [0, 0.1) is 11.8 Å². The number of aliphatic hydroxyl groups excluding tert-OH is 1. The van der Waals surface area contributed by atoms with E-state index in [0.29, 0.717) is 0 Å². The van der Waals surface area contributed by atoms with E-state index in [1.54, 1.807) is 6.92 Å². The second kappa shape index (κ2) is 6.45. The summed E-state index contributed by atoms with van der Waals surface area (Å²) >= 11 is 0. The van der Waals surface area contributed by atoms with Crippen molar-refractivity contribution in [2.24, 2.45) is 11.8 Å². The molecule has 124 valence electrons. The standard InChI is InChI=1S/C15H23NO6/c1-8-7-22-15(20,9(8)2)14(21-3)11(17)4-10-5-12(18)16-13(19)6-10/h9-11,14,17,20H,1,4-7H2,2-3H3,(H,16,18,19). The molecule has 2 saturated heterocycles. The number of methoxy groups -OCH3 is 1. The molecule has 0 aromatic rings. The van der Waals surface area contributed by atoms with Crippen LogP contribution in [0.25, 0.3) is 0 Å².